The van der Waals surface area contributed by atoms with Crippen LogP contribution in [0, 0.1) is 6.92 Å². The van der Waals surface area contributed by atoms with E-state index in [0.717, 1.165) is 11.9 Å². The number of rotatable bonds is 3. The Morgan fingerprint density at radius 1 is 1.26 bits per heavy atom. The van der Waals surface area contributed by atoms with Gasteiger partial charge in [-0.1, -0.05) is 17.7 Å². The molecular weight excluding hydrogens is 414 g/mol. The highest BCUT2D eigenvalue weighted by molar-refractivity contribution is 8.15. The number of aliphatic imine (C=N–C) groups is 1. The lowest BCUT2D eigenvalue weighted by Gasteiger charge is -2.17. The van der Waals surface area contributed by atoms with Crippen LogP contribution in [0.5, 0.6) is 5.75 Å². The van der Waals surface area contributed by atoms with E-state index in [1.807, 2.05) is 0 Å². The fourth-order valence-corrected chi connectivity index (χ4v) is 4.25. The Morgan fingerprint density at radius 3 is 2.78 bits per heavy atom. The molecule has 0 saturated carbocycles. The highest BCUT2D eigenvalue weighted by atomic mass is 35.5. The molecule has 1 heterocycles. The molecule has 0 fully saturated rings. The zero-order valence-electron chi connectivity index (χ0n) is 14.1. The van der Waals surface area contributed by atoms with Crippen molar-refractivity contribution in [3.8, 4) is 5.75 Å². The van der Waals surface area contributed by atoms with Gasteiger partial charge in [0.15, 0.2) is 5.17 Å². The smallest absolute Gasteiger partial charge is 0.412 e. The Morgan fingerprint density at radius 2 is 2.04 bits per heavy atom. The number of aryl methyl sites for hydroxylation is 1. The third-order valence-electron chi connectivity index (χ3n) is 3.47. The number of hydrogen-bond donors (Lipinski definition) is 2. The van der Waals surface area contributed by atoms with Crippen LogP contribution in [0.2, 0.25) is 5.02 Å². The van der Waals surface area contributed by atoms with Crippen LogP contribution in [0.4, 0.5) is 16.2 Å². The standard InChI is InChI=1S/C16H14ClN3O5S2/c1-9-3-4-10(17)7-14(9)27(22,23)25-11-5-6-12-13(8-11)20-26-15(18-12)19-16(21)24-2/h3-8,20H,1-2H3,(H,18,19,21). The first-order valence-electron chi connectivity index (χ1n) is 7.50. The average Bonchev–Trinajstić information content (AvgIpc) is 2.63. The van der Waals surface area contributed by atoms with Crippen LogP contribution in [0.15, 0.2) is 46.3 Å². The van der Waals surface area contributed by atoms with E-state index in [0.29, 0.717) is 27.1 Å². The molecule has 2 N–H and O–H groups in total. The summed E-state index contributed by atoms with van der Waals surface area (Å²) in [6.07, 6.45) is -0.644. The fourth-order valence-electron chi connectivity index (χ4n) is 2.19. The number of fused-ring (bicyclic) bond motifs is 1. The molecule has 3 rings (SSSR count). The maximum atomic E-state index is 12.6. The molecule has 1 aliphatic heterocycles. The van der Waals surface area contributed by atoms with Gasteiger partial charge in [-0.2, -0.15) is 8.42 Å². The second kappa shape index (κ2) is 7.67. The molecule has 2 aromatic rings. The van der Waals surface area contributed by atoms with Crippen molar-refractivity contribution in [3.05, 3.63) is 47.0 Å². The van der Waals surface area contributed by atoms with Gasteiger partial charge in [0.2, 0.25) is 0 Å². The number of alkyl carbamates (subject to hydrolysis) is 1. The van der Waals surface area contributed by atoms with E-state index in [1.54, 1.807) is 25.1 Å². The molecule has 1 aliphatic rings. The summed E-state index contributed by atoms with van der Waals surface area (Å²) in [5.41, 5.74) is 1.56. The van der Waals surface area contributed by atoms with Crippen LogP contribution in [-0.4, -0.2) is 26.8 Å². The van der Waals surface area contributed by atoms with Gasteiger partial charge >= 0.3 is 16.2 Å². The molecule has 142 valence electrons. The normalized spacial score (nSPS) is 13.1. The van der Waals surface area contributed by atoms with Crippen molar-refractivity contribution in [2.45, 2.75) is 11.8 Å². The first-order chi connectivity index (χ1) is 12.8. The van der Waals surface area contributed by atoms with Crippen LogP contribution in [0.1, 0.15) is 5.56 Å². The number of nitrogens with one attached hydrogen (secondary N) is 2. The lowest BCUT2D eigenvalue weighted by atomic mass is 10.2. The quantitative estimate of drug-likeness (QED) is 0.566. The van der Waals surface area contributed by atoms with Gasteiger partial charge in [-0.05, 0) is 36.8 Å². The van der Waals surface area contributed by atoms with Crippen LogP contribution >= 0.6 is 23.5 Å². The van der Waals surface area contributed by atoms with Gasteiger partial charge < -0.3 is 13.6 Å². The number of ether oxygens (including phenoxy) is 1. The van der Waals surface area contributed by atoms with E-state index < -0.39 is 16.2 Å². The van der Waals surface area contributed by atoms with E-state index >= 15 is 0 Å². The minimum absolute atomic E-state index is 0.00219. The second-order valence-corrected chi connectivity index (χ2v) is 8.11. The predicted octanol–water partition coefficient (Wildman–Crippen LogP) is 3.83. The maximum absolute atomic E-state index is 12.6. The summed E-state index contributed by atoms with van der Waals surface area (Å²) >= 11 is 6.94. The molecule has 0 aromatic heterocycles. The minimum Gasteiger partial charge on any atom is -0.453 e. The number of halogens is 1. The molecule has 0 aliphatic carbocycles. The number of amides is 1. The molecule has 11 heteroatoms. The van der Waals surface area contributed by atoms with Gasteiger partial charge in [-0.3, -0.25) is 5.32 Å². The first kappa shape index (κ1) is 19.3. The van der Waals surface area contributed by atoms with Gasteiger partial charge in [0.1, 0.15) is 10.6 Å². The second-order valence-electron chi connectivity index (χ2n) is 5.36. The highest BCUT2D eigenvalue weighted by Gasteiger charge is 2.21. The van der Waals surface area contributed by atoms with Crippen LogP contribution in [0.25, 0.3) is 0 Å². The number of anilines is 1. The van der Waals surface area contributed by atoms with Gasteiger partial charge in [0, 0.05) is 23.0 Å². The molecular formula is C16H14ClN3O5S2. The first-order valence-corrected chi connectivity index (χ1v) is 10.1. The van der Waals surface area contributed by atoms with E-state index in [-0.39, 0.29) is 10.6 Å². The summed E-state index contributed by atoms with van der Waals surface area (Å²) in [7, 11) is -2.81. The molecule has 0 saturated heterocycles. The number of carbonyl (C=O) groups excluding carboxylic acids is 1. The van der Waals surface area contributed by atoms with Crippen molar-refractivity contribution in [1.29, 1.82) is 0 Å². The van der Waals surface area contributed by atoms with Crippen LogP contribution in [0.3, 0.4) is 0 Å². The number of carbonyl (C=O) groups is 1. The molecule has 0 bridgehead atoms. The van der Waals surface area contributed by atoms with Gasteiger partial charge in [-0.25, -0.2) is 9.79 Å². The van der Waals surface area contributed by atoms with Crippen molar-refractivity contribution >= 4 is 56.3 Å². The zero-order chi connectivity index (χ0) is 19.6. The molecule has 1 amide bonds. The summed E-state index contributed by atoms with van der Waals surface area (Å²) in [5, 5.41) is 3.04. The monoisotopic (exact) mass is 427 g/mol. The van der Waals surface area contributed by atoms with Gasteiger partial charge in [-0.15, -0.1) is 0 Å². The Hall–Kier alpha value is -2.43. The SMILES string of the molecule is COC(=O)NC1=Nc2ccc(OS(=O)(=O)c3cc(Cl)ccc3C)cc2NS1. The number of hydrogen-bond acceptors (Lipinski definition) is 8. The van der Waals surface area contributed by atoms with Crippen molar-refractivity contribution in [2.24, 2.45) is 4.99 Å². The maximum Gasteiger partial charge on any atom is 0.412 e. The lowest BCUT2D eigenvalue weighted by Crippen LogP contribution is -2.29. The topological polar surface area (TPSA) is 106 Å². The van der Waals surface area contributed by atoms with E-state index in [1.165, 1.54) is 25.3 Å². The fraction of sp³-hybridized carbons (Fsp3) is 0.125. The molecule has 0 unspecified atom stereocenters. The molecule has 0 atom stereocenters. The largest absolute Gasteiger partial charge is 0.453 e. The number of amidine groups is 1. The number of nitrogens with zero attached hydrogens (tertiary/aromatic N) is 1. The molecule has 27 heavy (non-hydrogen) atoms. The number of benzene rings is 2. The Labute approximate surface area is 165 Å². The van der Waals surface area contributed by atoms with Crippen molar-refractivity contribution in [1.82, 2.24) is 5.32 Å². The predicted molar refractivity (Wildman–Crippen MR) is 104 cm³/mol. The molecule has 8 nitrogen and oxygen atoms in total. The Bertz CT molecular complexity index is 1040. The number of methoxy groups -OCH3 is 1. The van der Waals surface area contributed by atoms with Gasteiger partial charge in [0.05, 0.1) is 18.5 Å². The summed E-state index contributed by atoms with van der Waals surface area (Å²) < 4.78 is 37.8. The van der Waals surface area contributed by atoms with Crippen molar-refractivity contribution in [2.75, 3.05) is 11.8 Å². The third kappa shape index (κ3) is 4.46. The summed E-state index contributed by atoms with van der Waals surface area (Å²) in [6.45, 7) is 1.65. The summed E-state index contributed by atoms with van der Waals surface area (Å²) in [5.74, 6) is 0.112. The third-order valence-corrected chi connectivity index (χ3v) is 5.80. The van der Waals surface area contributed by atoms with E-state index in [4.69, 9.17) is 15.8 Å². The van der Waals surface area contributed by atoms with Crippen LogP contribution < -0.4 is 14.2 Å². The summed E-state index contributed by atoms with van der Waals surface area (Å²) in [4.78, 5) is 15.5. The van der Waals surface area contributed by atoms with Gasteiger partial charge in [0.25, 0.3) is 0 Å². The highest BCUT2D eigenvalue weighted by Crippen LogP contribution is 2.36. The lowest BCUT2D eigenvalue weighted by molar-refractivity contribution is 0.177. The zero-order valence-corrected chi connectivity index (χ0v) is 16.5. The summed E-state index contributed by atoms with van der Waals surface area (Å²) in [6, 6.07) is 9.08. The average molecular weight is 428 g/mol. The molecule has 2 aromatic carbocycles. The molecule has 0 spiro atoms. The van der Waals surface area contributed by atoms with E-state index in [9.17, 15) is 13.2 Å². The van der Waals surface area contributed by atoms with Crippen molar-refractivity contribution in [3.63, 3.8) is 0 Å². The van der Waals surface area contributed by atoms with Crippen LogP contribution in [-0.2, 0) is 14.9 Å². The minimum atomic E-state index is -4.05. The Kier molecular flexibility index (Phi) is 5.49. The van der Waals surface area contributed by atoms with Crippen molar-refractivity contribution < 1.29 is 22.1 Å². The molecule has 0 radical (unpaired) electrons. The Balaban J connectivity index is 1.84. The van der Waals surface area contributed by atoms with E-state index in [2.05, 4.69) is 19.8 Å².